The number of hydrogen-bond acceptors (Lipinski definition) is 3. The van der Waals surface area contributed by atoms with Crippen molar-refractivity contribution in [2.24, 2.45) is 0 Å². The lowest BCUT2D eigenvalue weighted by Crippen LogP contribution is -2.35. The zero-order valence-corrected chi connectivity index (χ0v) is 11.2. The molecule has 0 heterocycles. The van der Waals surface area contributed by atoms with E-state index in [9.17, 15) is 4.79 Å². The van der Waals surface area contributed by atoms with Crippen molar-refractivity contribution < 1.29 is 4.79 Å². The molecule has 0 saturated heterocycles. The molecule has 0 fully saturated rings. The summed E-state index contributed by atoms with van der Waals surface area (Å²) in [5.41, 5.74) is 0.972. The quantitative estimate of drug-likeness (QED) is 0.886. The van der Waals surface area contributed by atoms with Gasteiger partial charge in [-0.05, 0) is 31.8 Å². The van der Waals surface area contributed by atoms with Crippen LogP contribution < -0.4 is 5.32 Å². The fourth-order valence-corrected chi connectivity index (χ4v) is 1.74. The number of carbonyl (C=O) groups is 1. The molecule has 1 N–H and O–H groups in total. The van der Waals surface area contributed by atoms with E-state index in [-0.39, 0.29) is 18.4 Å². The Kier molecular flexibility index (Phi) is 5.63. The number of likely N-dealkylation sites (N-methyl/N-ethyl adjacent to an activating group) is 1. The van der Waals surface area contributed by atoms with Crippen molar-refractivity contribution in [1.29, 1.82) is 5.26 Å². The lowest BCUT2D eigenvalue weighted by atomic mass is 10.1. The zero-order chi connectivity index (χ0) is 13.5. The van der Waals surface area contributed by atoms with E-state index in [1.807, 2.05) is 37.2 Å². The minimum atomic E-state index is -0.265. The molecule has 1 unspecified atom stereocenters. The number of rotatable bonds is 5. The molecule has 0 bridgehead atoms. The number of nitrogens with one attached hydrogen (secondary N) is 1. The maximum atomic E-state index is 11.5. The predicted molar refractivity (Wildman–Crippen MR) is 71.1 cm³/mol. The fraction of sp³-hybridized carbons (Fsp3) is 0.385. The van der Waals surface area contributed by atoms with Gasteiger partial charge in [0.25, 0.3) is 0 Å². The molecular weight excluding hydrogens is 250 g/mol. The van der Waals surface area contributed by atoms with E-state index in [2.05, 4.69) is 5.32 Å². The standard InChI is InChI=1S/C13H16ClN3O/c1-17(2)9-12(16-13(18)7-8-15)10-3-5-11(14)6-4-10/h3-6,12H,7,9H2,1-2H3,(H,16,18). The van der Waals surface area contributed by atoms with E-state index in [1.165, 1.54) is 0 Å². The van der Waals surface area contributed by atoms with Gasteiger partial charge < -0.3 is 10.2 Å². The normalized spacial score (nSPS) is 11.9. The lowest BCUT2D eigenvalue weighted by Gasteiger charge is -2.22. The maximum absolute atomic E-state index is 11.5. The van der Waals surface area contributed by atoms with Crippen LogP contribution >= 0.6 is 11.6 Å². The first-order chi connectivity index (χ1) is 8.52. The van der Waals surface area contributed by atoms with E-state index in [4.69, 9.17) is 16.9 Å². The van der Waals surface area contributed by atoms with Gasteiger partial charge >= 0.3 is 0 Å². The number of halogens is 1. The molecule has 96 valence electrons. The number of nitriles is 1. The van der Waals surface area contributed by atoms with Gasteiger partial charge in [0.05, 0.1) is 12.1 Å². The number of carbonyl (C=O) groups excluding carboxylic acids is 1. The molecule has 0 spiro atoms. The number of benzene rings is 1. The van der Waals surface area contributed by atoms with Crippen molar-refractivity contribution in [2.75, 3.05) is 20.6 Å². The second kappa shape index (κ2) is 7.00. The fourth-order valence-electron chi connectivity index (χ4n) is 1.61. The lowest BCUT2D eigenvalue weighted by molar-refractivity contribution is -0.121. The molecule has 1 rings (SSSR count). The summed E-state index contributed by atoms with van der Waals surface area (Å²) in [7, 11) is 3.86. The minimum Gasteiger partial charge on any atom is -0.347 e. The Morgan fingerprint density at radius 3 is 2.56 bits per heavy atom. The van der Waals surface area contributed by atoms with E-state index in [0.717, 1.165) is 5.56 Å². The van der Waals surface area contributed by atoms with Crippen molar-refractivity contribution in [1.82, 2.24) is 10.2 Å². The molecule has 0 aromatic heterocycles. The minimum absolute atomic E-state index is 0.127. The molecule has 0 radical (unpaired) electrons. The van der Waals surface area contributed by atoms with Crippen LogP contribution in [0.1, 0.15) is 18.0 Å². The van der Waals surface area contributed by atoms with Crippen LogP contribution in [0.5, 0.6) is 0 Å². The van der Waals surface area contributed by atoms with Gasteiger partial charge in [-0.15, -0.1) is 0 Å². The van der Waals surface area contributed by atoms with E-state index in [1.54, 1.807) is 12.1 Å². The highest BCUT2D eigenvalue weighted by molar-refractivity contribution is 6.30. The molecule has 5 heteroatoms. The Labute approximate surface area is 112 Å². The summed E-state index contributed by atoms with van der Waals surface area (Å²) in [6.45, 7) is 0.665. The smallest absolute Gasteiger partial charge is 0.234 e. The third-order valence-electron chi connectivity index (χ3n) is 2.39. The van der Waals surface area contributed by atoms with Crippen LogP contribution in [0.3, 0.4) is 0 Å². The van der Waals surface area contributed by atoms with Gasteiger partial charge in [-0.1, -0.05) is 23.7 Å². The maximum Gasteiger partial charge on any atom is 0.234 e. The second-order valence-corrected chi connectivity index (χ2v) is 4.71. The van der Waals surface area contributed by atoms with Crippen LogP contribution in [-0.4, -0.2) is 31.4 Å². The summed E-state index contributed by atoms with van der Waals surface area (Å²) in [6, 6.07) is 9.03. The van der Waals surface area contributed by atoms with Gasteiger partial charge in [-0.25, -0.2) is 0 Å². The van der Waals surface area contributed by atoms with Crippen LogP contribution in [0.25, 0.3) is 0 Å². The third-order valence-corrected chi connectivity index (χ3v) is 2.65. The molecule has 18 heavy (non-hydrogen) atoms. The summed E-state index contributed by atoms with van der Waals surface area (Å²) in [5.74, 6) is -0.265. The molecule has 0 aliphatic carbocycles. The van der Waals surface area contributed by atoms with E-state index < -0.39 is 0 Å². The highest BCUT2D eigenvalue weighted by Gasteiger charge is 2.15. The Morgan fingerprint density at radius 1 is 1.44 bits per heavy atom. The number of amides is 1. The summed E-state index contributed by atoms with van der Waals surface area (Å²) in [4.78, 5) is 13.5. The van der Waals surface area contributed by atoms with Crippen LogP contribution in [-0.2, 0) is 4.79 Å². The summed E-state index contributed by atoms with van der Waals surface area (Å²) in [5, 5.41) is 12.0. The molecule has 0 aliphatic heterocycles. The van der Waals surface area contributed by atoms with Crippen molar-refractivity contribution in [3.8, 4) is 6.07 Å². The largest absolute Gasteiger partial charge is 0.347 e. The summed E-state index contributed by atoms with van der Waals surface area (Å²) < 4.78 is 0. The molecule has 0 saturated carbocycles. The van der Waals surface area contributed by atoms with Crippen molar-refractivity contribution >= 4 is 17.5 Å². The van der Waals surface area contributed by atoms with Gasteiger partial charge in [0.15, 0.2) is 0 Å². The Morgan fingerprint density at radius 2 is 2.06 bits per heavy atom. The van der Waals surface area contributed by atoms with Crippen LogP contribution in [0.15, 0.2) is 24.3 Å². The summed E-state index contributed by atoms with van der Waals surface area (Å²) >= 11 is 5.84. The number of hydrogen-bond donors (Lipinski definition) is 1. The average Bonchev–Trinajstić information content (AvgIpc) is 2.28. The average molecular weight is 266 g/mol. The van der Waals surface area contributed by atoms with Gasteiger partial charge in [0.1, 0.15) is 6.42 Å². The summed E-state index contributed by atoms with van der Waals surface area (Å²) in [6.07, 6.45) is -0.127. The van der Waals surface area contributed by atoms with Crippen molar-refractivity contribution in [2.45, 2.75) is 12.5 Å². The first kappa shape index (κ1) is 14.5. The molecule has 0 aliphatic rings. The molecule has 1 aromatic rings. The van der Waals surface area contributed by atoms with Gasteiger partial charge in [-0.2, -0.15) is 5.26 Å². The van der Waals surface area contributed by atoms with Gasteiger partial charge in [0, 0.05) is 11.6 Å². The van der Waals surface area contributed by atoms with Crippen LogP contribution in [0, 0.1) is 11.3 Å². The Bertz CT molecular complexity index is 437. The highest BCUT2D eigenvalue weighted by atomic mass is 35.5. The Hall–Kier alpha value is -1.57. The zero-order valence-electron chi connectivity index (χ0n) is 10.5. The molecular formula is C13H16ClN3O. The van der Waals surface area contributed by atoms with Crippen molar-refractivity contribution in [3.05, 3.63) is 34.9 Å². The number of nitrogens with zero attached hydrogens (tertiary/aromatic N) is 2. The Balaban J connectivity index is 2.81. The first-order valence-corrected chi connectivity index (χ1v) is 5.97. The SMILES string of the molecule is CN(C)CC(NC(=O)CC#N)c1ccc(Cl)cc1. The third kappa shape index (κ3) is 4.74. The van der Waals surface area contributed by atoms with Crippen LogP contribution in [0.4, 0.5) is 0 Å². The van der Waals surface area contributed by atoms with Gasteiger partial charge in [-0.3, -0.25) is 4.79 Å². The molecule has 1 atom stereocenters. The topological polar surface area (TPSA) is 56.1 Å². The first-order valence-electron chi connectivity index (χ1n) is 5.59. The molecule has 4 nitrogen and oxygen atoms in total. The van der Waals surface area contributed by atoms with Crippen LogP contribution in [0.2, 0.25) is 5.02 Å². The molecule has 1 aromatic carbocycles. The van der Waals surface area contributed by atoms with Crippen molar-refractivity contribution in [3.63, 3.8) is 0 Å². The highest BCUT2D eigenvalue weighted by Crippen LogP contribution is 2.17. The van der Waals surface area contributed by atoms with E-state index in [0.29, 0.717) is 11.6 Å². The molecule has 1 amide bonds. The second-order valence-electron chi connectivity index (χ2n) is 4.27. The van der Waals surface area contributed by atoms with Gasteiger partial charge in [0.2, 0.25) is 5.91 Å². The predicted octanol–water partition coefficient (Wildman–Crippen LogP) is 1.97. The van der Waals surface area contributed by atoms with E-state index >= 15 is 0 Å². The monoisotopic (exact) mass is 265 g/mol.